The summed E-state index contributed by atoms with van der Waals surface area (Å²) in [5, 5.41) is 0. The average molecular weight is 268 g/mol. The molecular formula is C15H16N4O. The standard InChI is InChI=1S/C15H16N4O/c1-10-6-14(19-11-7-12(19)9-20-8-11)18-15(17-10)13-4-2-3-5-16-13/h2-6,11-12H,7-9H2,1H3. The molecule has 4 rings (SSSR count). The molecule has 0 radical (unpaired) electrons. The van der Waals surface area contributed by atoms with E-state index >= 15 is 0 Å². The lowest BCUT2D eigenvalue weighted by atomic mass is 9.91. The smallest absolute Gasteiger partial charge is 0.180 e. The lowest BCUT2D eigenvalue weighted by Crippen LogP contribution is -2.64. The molecule has 2 fully saturated rings. The van der Waals surface area contributed by atoms with Crippen LogP contribution in [0.25, 0.3) is 11.5 Å². The van der Waals surface area contributed by atoms with E-state index in [2.05, 4.69) is 20.9 Å². The van der Waals surface area contributed by atoms with E-state index in [1.807, 2.05) is 25.1 Å². The van der Waals surface area contributed by atoms with Crippen LogP contribution >= 0.6 is 0 Å². The Balaban J connectivity index is 1.73. The van der Waals surface area contributed by atoms with Crippen molar-refractivity contribution in [1.82, 2.24) is 15.0 Å². The number of hydrogen-bond acceptors (Lipinski definition) is 5. The van der Waals surface area contributed by atoms with Crippen molar-refractivity contribution in [3.05, 3.63) is 36.2 Å². The summed E-state index contributed by atoms with van der Waals surface area (Å²) >= 11 is 0. The van der Waals surface area contributed by atoms with Crippen LogP contribution in [0.3, 0.4) is 0 Å². The number of anilines is 1. The first-order chi connectivity index (χ1) is 9.81. The maximum atomic E-state index is 5.53. The molecule has 2 aromatic rings. The lowest BCUT2D eigenvalue weighted by Gasteiger charge is -2.53. The van der Waals surface area contributed by atoms with Gasteiger partial charge in [0, 0.05) is 18.0 Å². The van der Waals surface area contributed by atoms with Gasteiger partial charge in [-0.3, -0.25) is 4.98 Å². The van der Waals surface area contributed by atoms with E-state index in [1.165, 1.54) is 6.42 Å². The van der Waals surface area contributed by atoms with Crippen molar-refractivity contribution in [2.24, 2.45) is 0 Å². The largest absolute Gasteiger partial charge is 0.377 e. The highest BCUT2D eigenvalue weighted by atomic mass is 16.5. The number of nitrogens with zero attached hydrogens (tertiary/aromatic N) is 4. The van der Waals surface area contributed by atoms with Gasteiger partial charge in [0.2, 0.25) is 0 Å². The fraction of sp³-hybridized carbons (Fsp3) is 0.400. The van der Waals surface area contributed by atoms with Crippen LogP contribution in [0.4, 0.5) is 5.82 Å². The van der Waals surface area contributed by atoms with Gasteiger partial charge in [0.15, 0.2) is 5.82 Å². The van der Waals surface area contributed by atoms with Crippen LogP contribution in [0.15, 0.2) is 30.5 Å². The molecule has 0 amide bonds. The van der Waals surface area contributed by atoms with Gasteiger partial charge < -0.3 is 9.64 Å². The van der Waals surface area contributed by atoms with Crippen molar-refractivity contribution >= 4 is 5.82 Å². The summed E-state index contributed by atoms with van der Waals surface area (Å²) in [5.41, 5.74) is 1.79. The van der Waals surface area contributed by atoms with Gasteiger partial charge in [0.1, 0.15) is 11.5 Å². The number of ether oxygens (including phenoxy) is 1. The molecule has 2 atom stereocenters. The molecule has 102 valence electrons. The summed E-state index contributed by atoms with van der Waals surface area (Å²) in [4.78, 5) is 15.9. The second-order valence-electron chi connectivity index (χ2n) is 5.39. The van der Waals surface area contributed by atoms with Gasteiger partial charge in [-0.05, 0) is 25.5 Å². The monoisotopic (exact) mass is 268 g/mol. The Morgan fingerprint density at radius 1 is 1.20 bits per heavy atom. The molecular weight excluding hydrogens is 252 g/mol. The summed E-state index contributed by atoms with van der Waals surface area (Å²) in [5.74, 6) is 1.70. The minimum Gasteiger partial charge on any atom is -0.377 e. The van der Waals surface area contributed by atoms with E-state index in [4.69, 9.17) is 9.72 Å². The Kier molecular flexibility index (Phi) is 2.67. The molecule has 2 bridgehead atoms. The Hall–Kier alpha value is -2.01. The van der Waals surface area contributed by atoms with Gasteiger partial charge in [0.25, 0.3) is 0 Å². The van der Waals surface area contributed by atoms with Crippen LogP contribution in [0, 0.1) is 6.92 Å². The molecule has 2 saturated heterocycles. The fourth-order valence-corrected chi connectivity index (χ4v) is 3.01. The number of aromatic nitrogens is 3. The molecule has 2 aromatic heterocycles. The van der Waals surface area contributed by atoms with Crippen LogP contribution in [-0.2, 0) is 4.74 Å². The Labute approximate surface area is 117 Å². The van der Waals surface area contributed by atoms with E-state index in [9.17, 15) is 0 Å². The minimum absolute atomic E-state index is 0.472. The van der Waals surface area contributed by atoms with Crippen molar-refractivity contribution in [2.45, 2.75) is 25.4 Å². The molecule has 0 spiro atoms. The molecule has 0 aromatic carbocycles. The van der Waals surface area contributed by atoms with Gasteiger partial charge in [-0.2, -0.15) is 0 Å². The molecule has 0 aliphatic carbocycles. The van der Waals surface area contributed by atoms with Crippen molar-refractivity contribution in [3.8, 4) is 11.5 Å². The highest BCUT2D eigenvalue weighted by molar-refractivity contribution is 5.55. The first-order valence-corrected chi connectivity index (χ1v) is 6.94. The minimum atomic E-state index is 0.472. The second-order valence-corrected chi connectivity index (χ2v) is 5.39. The van der Waals surface area contributed by atoms with Gasteiger partial charge in [-0.15, -0.1) is 0 Å². The van der Waals surface area contributed by atoms with Crippen LogP contribution in [-0.4, -0.2) is 40.2 Å². The maximum Gasteiger partial charge on any atom is 0.180 e. The number of aryl methyl sites for hydroxylation is 1. The molecule has 4 heterocycles. The van der Waals surface area contributed by atoms with Gasteiger partial charge in [-0.25, -0.2) is 9.97 Å². The van der Waals surface area contributed by atoms with Crippen LogP contribution in [0.1, 0.15) is 12.1 Å². The molecule has 2 unspecified atom stereocenters. The van der Waals surface area contributed by atoms with Gasteiger partial charge >= 0.3 is 0 Å². The lowest BCUT2D eigenvalue weighted by molar-refractivity contribution is 0.00969. The van der Waals surface area contributed by atoms with E-state index in [0.29, 0.717) is 17.9 Å². The highest BCUT2D eigenvalue weighted by Gasteiger charge is 2.43. The van der Waals surface area contributed by atoms with Crippen molar-refractivity contribution in [1.29, 1.82) is 0 Å². The molecule has 0 saturated carbocycles. The first-order valence-electron chi connectivity index (χ1n) is 6.94. The Morgan fingerprint density at radius 2 is 2.05 bits per heavy atom. The molecule has 20 heavy (non-hydrogen) atoms. The summed E-state index contributed by atoms with van der Waals surface area (Å²) in [7, 11) is 0. The third-order valence-electron chi connectivity index (χ3n) is 3.95. The molecule has 5 nitrogen and oxygen atoms in total. The Morgan fingerprint density at radius 3 is 2.75 bits per heavy atom. The highest BCUT2D eigenvalue weighted by Crippen LogP contribution is 2.35. The van der Waals surface area contributed by atoms with Crippen molar-refractivity contribution < 1.29 is 4.74 Å². The molecule has 5 heteroatoms. The number of fused-ring (bicyclic) bond motifs is 2. The predicted molar refractivity (Wildman–Crippen MR) is 75.5 cm³/mol. The topological polar surface area (TPSA) is 51.1 Å². The van der Waals surface area contributed by atoms with E-state index in [0.717, 1.165) is 30.4 Å². The van der Waals surface area contributed by atoms with Crippen LogP contribution in [0.2, 0.25) is 0 Å². The molecule has 0 N–H and O–H groups in total. The van der Waals surface area contributed by atoms with Gasteiger partial charge in [-0.1, -0.05) is 6.07 Å². The zero-order valence-corrected chi connectivity index (χ0v) is 11.4. The van der Waals surface area contributed by atoms with Crippen LogP contribution < -0.4 is 4.90 Å². The SMILES string of the molecule is Cc1cc(N2C3COCC2C3)nc(-c2ccccn2)n1. The van der Waals surface area contributed by atoms with Crippen molar-refractivity contribution in [2.75, 3.05) is 18.1 Å². The summed E-state index contributed by atoms with van der Waals surface area (Å²) in [6, 6.07) is 8.80. The third-order valence-corrected chi connectivity index (χ3v) is 3.95. The van der Waals surface area contributed by atoms with E-state index < -0.39 is 0 Å². The molecule has 2 aliphatic rings. The van der Waals surface area contributed by atoms with Crippen LogP contribution in [0.5, 0.6) is 0 Å². The Bertz CT molecular complexity index is 617. The first kappa shape index (κ1) is 11.8. The fourth-order valence-electron chi connectivity index (χ4n) is 3.01. The number of morpholine rings is 1. The second kappa shape index (κ2) is 4.52. The number of pyridine rings is 1. The van der Waals surface area contributed by atoms with Crippen molar-refractivity contribution in [3.63, 3.8) is 0 Å². The van der Waals surface area contributed by atoms with E-state index in [1.54, 1.807) is 6.20 Å². The summed E-state index contributed by atoms with van der Waals surface area (Å²) in [6.45, 7) is 3.61. The quantitative estimate of drug-likeness (QED) is 0.831. The average Bonchev–Trinajstić information content (AvgIpc) is 2.48. The summed E-state index contributed by atoms with van der Waals surface area (Å²) < 4.78 is 5.53. The normalized spacial score (nSPS) is 24.4. The third kappa shape index (κ3) is 1.86. The molecule has 2 aliphatic heterocycles. The number of rotatable bonds is 2. The van der Waals surface area contributed by atoms with Gasteiger partial charge in [0.05, 0.1) is 25.3 Å². The van der Waals surface area contributed by atoms with E-state index in [-0.39, 0.29) is 0 Å². The zero-order chi connectivity index (χ0) is 13.5. The zero-order valence-electron chi connectivity index (χ0n) is 11.4. The predicted octanol–water partition coefficient (Wildman–Crippen LogP) is 1.82. The number of hydrogen-bond donors (Lipinski definition) is 0. The maximum absolute atomic E-state index is 5.53. The summed E-state index contributed by atoms with van der Waals surface area (Å²) in [6.07, 6.45) is 2.98.